The Morgan fingerprint density at radius 2 is 2.03 bits per heavy atom. The third-order valence-electron chi connectivity index (χ3n) is 4.73. The van der Waals surface area contributed by atoms with Crippen molar-refractivity contribution in [3.63, 3.8) is 0 Å². The first-order valence-corrected chi connectivity index (χ1v) is 9.57. The summed E-state index contributed by atoms with van der Waals surface area (Å²) in [6.45, 7) is 0. The minimum absolute atomic E-state index is 0.237. The molecule has 0 radical (unpaired) electrons. The second-order valence-corrected chi connectivity index (χ2v) is 7.10. The molecular formula is C19H20N10O. The summed E-state index contributed by atoms with van der Waals surface area (Å²) < 4.78 is 3.06. The molecule has 1 aliphatic carbocycles. The third-order valence-corrected chi connectivity index (χ3v) is 4.73. The van der Waals surface area contributed by atoms with Crippen LogP contribution in [-0.2, 0) is 7.05 Å². The van der Waals surface area contributed by atoms with E-state index in [4.69, 9.17) is 0 Å². The molecule has 1 aliphatic rings. The molecule has 3 heterocycles. The first-order chi connectivity index (χ1) is 14.6. The van der Waals surface area contributed by atoms with Crippen molar-refractivity contribution in [2.75, 3.05) is 17.7 Å². The van der Waals surface area contributed by atoms with Crippen molar-refractivity contribution in [1.82, 2.24) is 39.6 Å². The number of benzene rings is 1. The van der Waals surface area contributed by atoms with Crippen molar-refractivity contribution in [3.8, 4) is 11.4 Å². The number of aromatic nitrogens is 7. The number of nitrogens with one attached hydrogen (secondary N) is 3. The lowest BCUT2D eigenvalue weighted by Gasteiger charge is -2.09. The number of hydrogen-bond acceptors (Lipinski definition) is 8. The number of nitrogens with zero attached hydrogens (tertiary/aromatic N) is 7. The molecule has 11 nitrogen and oxygen atoms in total. The normalized spacial score (nSPS) is 13.4. The summed E-state index contributed by atoms with van der Waals surface area (Å²) in [4.78, 5) is 30.2. The molecule has 3 aromatic heterocycles. The van der Waals surface area contributed by atoms with E-state index in [9.17, 15) is 4.79 Å². The summed E-state index contributed by atoms with van der Waals surface area (Å²) in [7, 11) is 3.58. The summed E-state index contributed by atoms with van der Waals surface area (Å²) in [6.07, 6.45) is 5.13. The Morgan fingerprint density at radius 3 is 2.77 bits per heavy atom. The van der Waals surface area contributed by atoms with Gasteiger partial charge in [-0.2, -0.15) is 15.1 Å². The Kier molecular flexibility index (Phi) is 4.27. The topological polar surface area (TPSA) is 127 Å². The Hall–Kier alpha value is -4.02. The number of fused-ring (bicyclic) bond motifs is 1. The van der Waals surface area contributed by atoms with Gasteiger partial charge in [0.25, 0.3) is 0 Å². The highest BCUT2D eigenvalue weighted by atomic mass is 16.2. The number of carbonyl (C=O) groups excluding carboxylic acids is 1. The van der Waals surface area contributed by atoms with E-state index >= 15 is 0 Å². The van der Waals surface area contributed by atoms with Crippen LogP contribution in [0.5, 0.6) is 0 Å². The standard InChI is InChI=1S/C19H20N10O/c1-20-16-14-17(29(10-21-14)19(30)24-12-6-7-12)26-18(25-16)23-13-5-3-4-11(8-13)15-22-9-28(2)27-15/h3-5,8-10,12H,6-7H2,1-2H3,(H,24,30)(H2,20,23,25,26). The first-order valence-electron chi connectivity index (χ1n) is 9.57. The van der Waals surface area contributed by atoms with Gasteiger partial charge in [0, 0.05) is 31.4 Å². The van der Waals surface area contributed by atoms with Crippen molar-refractivity contribution < 1.29 is 4.79 Å². The SMILES string of the molecule is CNc1nc(Nc2cccc(-c3ncn(C)n3)c2)nc2c1ncn2C(=O)NC1CC1. The molecule has 1 saturated carbocycles. The monoisotopic (exact) mass is 404 g/mol. The lowest BCUT2D eigenvalue weighted by molar-refractivity contribution is 0.242. The molecule has 1 amide bonds. The van der Waals surface area contributed by atoms with Crippen LogP contribution in [0.4, 0.5) is 22.2 Å². The molecule has 0 unspecified atom stereocenters. The summed E-state index contributed by atoms with van der Waals surface area (Å²) in [5, 5.41) is 13.5. The van der Waals surface area contributed by atoms with E-state index in [-0.39, 0.29) is 12.1 Å². The van der Waals surface area contributed by atoms with Gasteiger partial charge in [-0.1, -0.05) is 12.1 Å². The Balaban J connectivity index is 1.49. The number of carbonyl (C=O) groups is 1. The van der Waals surface area contributed by atoms with Gasteiger partial charge in [-0.25, -0.2) is 19.3 Å². The highest BCUT2D eigenvalue weighted by molar-refractivity contribution is 5.92. The Morgan fingerprint density at radius 1 is 1.17 bits per heavy atom. The number of hydrogen-bond donors (Lipinski definition) is 3. The van der Waals surface area contributed by atoms with E-state index in [1.54, 1.807) is 18.1 Å². The highest BCUT2D eigenvalue weighted by Gasteiger charge is 2.25. The summed E-state index contributed by atoms with van der Waals surface area (Å²) in [5.74, 6) is 1.50. The summed E-state index contributed by atoms with van der Waals surface area (Å²) in [5.41, 5.74) is 2.59. The molecule has 1 fully saturated rings. The number of imidazole rings is 1. The summed E-state index contributed by atoms with van der Waals surface area (Å²) in [6, 6.07) is 7.64. The van der Waals surface area contributed by atoms with E-state index in [2.05, 4.69) is 41.0 Å². The predicted octanol–water partition coefficient (Wildman–Crippen LogP) is 2.13. The second kappa shape index (κ2) is 7.10. The molecule has 152 valence electrons. The Labute approximate surface area is 171 Å². The number of aryl methyl sites for hydroxylation is 1. The third kappa shape index (κ3) is 3.41. The summed E-state index contributed by atoms with van der Waals surface area (Å²) >= 11 is 0. The maximum absolute atomic E-state index is 12.5. The first kappa shape index (κ1) is 18.0. The van der Waals surface area contributed by atoms with Crippen LogP contribution < -0.4 is 16.0 Å². The fraction of sp³-hybridized carbons (Fsp3) is 0.263. The quantitative estimate of drug-likeness (QED) is 0.462. The fourth-order valence-electron chi connectivity index (χ4n) is 3.09. The average Bonchev–Trinajstić information content (AvgIpc) is 3.28. The zero-order valence-electron chi connectivity index (χ0n) is 16.5. The van der Waals surface area contributed by atoms with Crippen LogP contribution in [0.3, 0.4) is 0 Å². The second-order valence-electron chi connectivity index (χ2n) is 7.10. The molecular weight excluding hydrogens is 384 g/mol. The van der Waals surface area contributed by atoms with E-state index < -0.39 is 0 Å². The number of rotatable bonds is 5. The molecule has 0 bridgehead atoms. The highest BCUT2D eigenvalue weighted by Crippen LogP contribution is 2.25. The van der Waals surface area contributed by atoms with Crippen LogP contribution in [0.2, 0.25) is 0 Å². The predicted molar refractivity (Wildman–Crippen MR) is 112 cm³/mol. The van der Waals surface area contributed by atoms with Gasteiger partial charge in [0.05, 0.1) is 0 Å². The smallest absolute Gasteiger partial charge is 0.328 e. The van der Waals surface area contributed by atoms with E-state index in [0.717, 1.165) is 24.1 Å². The molecule has 4 aromatic rings. The van der Waals surface area contributed by atoms with Crippen molar-refractivity contribution in [2.45, 2.75) is 18.9 Å². The molecule has 0 atom stereocenters. The molecule has 0 saturated heterocycles. The molecule has 0 aliphatic heterocycles. The van der Waals surface area contributed by atoms with Gasteiger partial charge in [0.15, 0.2) is 22.8 Å². The van der Waals surface area contributed by atoms with Crippen LogP contribution in [0.1, 0.15) is 12.8 Å². The van der Waals surface area contributed by atoms with Gasteiger partial charge in [0.1, 0.15) is 12.7 Å². The van der Waals surface area contributed by atoms with Gasteiger partial charge in [-0.15, -0.1) is 0 Å². The van der Waals surface area contributed by atoms with E-state index in [0.29, 0.717) is 28.8 Å². The maximum Gasteiger partial charge on any atom is 0.328 e. The van der Waals surface area contributed by atoms with Crippen LogP contribution in [0.15, 0.2) is 36.9 Å². The Bertz CT molecular complexity index is 1240. The zero-order chi connectivity index (χ0) is 20.7. The lowest BCUT2D eigenvalue weighted by atomic mass is 10.2. The molecule has 5 rings (SSSR count). The van der Waals surface area contributed by atoms with Gasteiger partial charge >= 0.3 is 6.03 Å². The zero-order valence-corrected chi connectivity index (χ0v) is 16.5. The van der Waals surface area contributed by atoms with E-state index in [1.165, 1.54) is 10.9 Å². The van der Waals surface area contributed by atoms with Crippen LogP contribution >= 0.6 is 0 Å². The number of amides is 1. The molecule has 0 spiro atoms. The maximum atomic E-state index is 12.5. The van der Waals surface area contributed by atoms with Crippen molar-refractivity contribution in [3.05, 3.63) is 36.9 Å². The average molecular weight is 404 g/mol. The molecule has 1 aromatic carbocycles. The van der Waals surface area contributed by atoms with Crippen LogP contribution in [0.25, 0.3) is 22.6 Å². The molecule has 3 N–H and O–H groups in total. The number of anilines is 3. The minimum Gasteiger partial charge on any atom is -0.371 e. The van der Waals surface area contributed by atoms with Gasteiger partial charge in [-0.3, -0.25) is 4.68 Å². The van der Waals surface area contributed by atoms with Crippen molar-refractivity contribution >= 4 is 34.6 Å². The van der Waals surface area contributed by atoms with Crippen LogP contribution in [-0.4, -0.2) is 53.4 Å². The van der Waals surface area contributed by atoms with Gasteiger partial charge < -0.3 is 16.0 Å². The van der Waals surface area contributed by atoms with Gasteiger partial charge in [-0.05, 0) is 25.0 Å². The van der Waals surface area contributed by atoms with Crippen molar-refractivity contribution in [2.24, 2.45) is 7.05 Å². The van der Waals surface area contributed by atoms with E-state index in [1.807, 2.05) is 31.3 Å². The lowest BCUT2D eigenvalue weighted by Crippen LogP contribution is -2.30. The van der Waals surface area contributed by atoms with Crippen molar-refractivity contribution in [1.29, 1.82) is 0 Å². The fourth-order valence-corrected chi connectivity index (χ4v) is 3.09. The largest absolute Gasteiger partial charge is 0.371 e. The molecule has 30 heavy (non-hydrogen) atoms. The minimum atomic E-state index is -0.241. The van der Waals surface area contributed by atoms with Gasteiger partial charge in [0.2, 0.25) is 5.95 Å². The molecule has 11 heteroatoms. The van der Waals surface area contributed by atoms with Crippen LogP contribution in [0, 0.1) is 0 Å².